The molecule has 88 valence electrons. The standard InChI is InChI=1S/C12H20N4/c1-10-3-2-7-16(8-5-10)12-11(9-13)4-6-14-15-12/h4,6,10H,2-3,5,7-9,13H2,1H3. The summed E-state index contributed by atoms with van der Waals surface area (Å²) in [6.07, 6.45) is 5.50. The van der Waals surface area contributed by atoms with Gasteiger partial charge >= 0.3 is 0 Å². The minimum atomic E-state index is 0.539. The van der Waals surface area contributed by atoms with Crippen molar-refractivity contribution in [1.82, 2.24) is 10.2 Å². The molecule has 0 aromatic carbocycles. The van der Waals surface area contributed by atoms with Gasteiger partial charge in [0, 0.05) is 25.2 Å². The van der Waals surface area contributed by atoms with Gasteiger partial charge in [-0.2, -0.15) is 5.10 Å². The predicted octanol–water partition coefficient (Wildman–Crippen LogP) is 1.56. The van der Waals surface area contributed by atoms with E-state index in [1.165, 1.54) is 19.3 Å². The molecule has 16 heavy (non-hydrogen) atoms. The fraction of sp³-hybridized carbons (Fsp3) is 0.667. The second kappa shape index (κ2) is 5.25. The number of hydrogen-bond donors (Lipinski definition) is 1. The zero-order chi connectivity index (χ0) is 11.4. The molecule has 1 unspecified atom stereocenters. The summed E-state index contributed by atoms with van der Waals surface area (Å²) < 4.78 is 0. The van der Waals surface area contributed by atoms with Gasteiger partial charge in [0.25, 0.3) is 0 Å². The molecule has 0 spiro atoms. The summed E-state index contributed by atoms with van der Waals surface area (Å²) in [6.45, 7) is 5.02. The summed E-state index contributed by atoms with van der Waals surface area (Å²) in [5.41, 5.74) is 6.83. The van der Waals surface area contributed by atoms with Crippen LogP contribution in [0.2, 0.25) is 0 Å². The van der Waals surface area contributed by atoms with E-state index in [1.807, 2.05) is 6.07 Å². The van der Waals surface area contributed by atoms with Crippen LogP contribution in [0.1, 0.15) is 31.7 Å². The van der Waals surface area contributed by atoms with Crippen LogP contribution in [0.3, 0.4) is 0 Å². The molecule has 4 nitrogen and oxygen atoms in total. The normalized spacial score (nSPS) is 21.9. The first-order valence-corrected chi connectivity index (χ1v) is 6.07. The molecule has 2 heterocycles. The van der Waals surface area contributed by atoms with E-state index in [9.17, 15) is 0 Å². The van der Waals surface area contributed by atoms with Crippen LogP contribution in [0.25, 0.3) is 0 Å². The van der Waals surface area contributed by atoms with Crippen LogP contribution >= 0.6 is 0 Å². The predicted molar refractivity (Wildman–Crippen MR) is 65.2 cm³/mol. The molecule has 1 aromatic rings. The largest absolute Gasteiger partial charge is 0.355 e. The molecule has 0 bridgehead atoms. The average Bonchev–Trinajstić information content (AvgIpc) is 2.54. The molecular weight excluding hydrogens is 200 g/mol. The van der Waals surface area contributed by atoms with Gasteiger partial charge in [0.05, 0.1) is 6.20 Å². The lowest BCUT2D eigenvalue weighted by Crippen LogP contribution is -2.27. The van der Waals surface area contributed by atoms with E-state index in [4.69, 9.17) is 5.73 Å². The third-order valence-electron chi connectivity index (χ3n) is 3.32. The Labute approximate surface area is 96.9 Å². The second-order valence-electron chi connectivity index (χ2n) is 4.61. The highest BCUT2D eigenvalue weighted by Crippen LogP contribution is 2.22. The van der Waals surface area contributed by atoms with Crippen LogP contribution < -0.4 is 10.6 Å². The van der Waals surface area contributed by atoms with Gasteiger partial charge in [-0.05, 0) is 31.2 Å². The smallest absolute Gasteiger partial charge is 0.155 e. The third kappa shape index (κ3) is 2.50. The molecule has 1 saturated heterocycles. The van der Waals surface area contributed by atoms with Gasteiger partial charge in [-0.3, -0.25) is 0 Å². The number of anilines is 1. The van der Waals surface area contributed by atoms with Gasteiger partial charge in [-0.1, -0.05) is 6.92 Å². The van der Waals surface area contributed by atoms with Crippen molar-refractivity contribution >= 4 is 5.82 Å². The van der Waals surface area contributed by atoms with Crippen LogP contribution in [-0.4, -0.2) is 23.3 Å². The lowest BCUT2D eigenvalue weighted by molar-refractivity contribution is 0.521. The molecule has 0 amide bonds. The number of rotatable bonds is 2. The summed E-state index contributed by atoms with van der Waals surface area (Å²) >= 11 is 0. The quantitative estimate of drug-likeness (QED) is 0.822. The number of nitrogens with zero attached hydrogens (tertiary/aromatic N) is 3. The van der Waals surface area contributed by atoms with Crippen LogP contribution in [0.4, 0.5) is 5.82 Å². The SMILES string of the molecule is CC1CCCN(c2nnccc2CN)CC1. The maximum absolute atomic E-state index is 5.73. The Hall–Kier alpha value is -1.16. The Kier molecular flexibility index (Phi) is 3.72. The van der Waals surface area contributed by atoms with Crippen molar-refractivity contribution in [2.45, 2.75) is 32.7 Å². The van der Waals surface area contributed by atoms with E-state index in [-0.39, 0.29) is 0 Å². The fourth-order valence-electron chi connectivity index (χ4n) is 2.25. The van der Waals surface area contributed by atoms with Gasteiger partial charge in [0.2, 0.25) is 0 Å². The first kappa shape index (κ1) is 11.3. The first-order chi connectivity index (χ1) is 7.81. The molecule has 0 radical (unpaired) electrons. The average molecular weight is 220 g/mol. The zero-order valence-electron chi connectivity index (χ0n) is 9.89. The lowest BCUT2D eigenvalue weighted by Gasteiger charge is -2.22. The second-order valence-corrected chi connectivity index (χ2v) is 4.61. The minimum Gasteiger partial charge on any atom is -0.355 e. The maximum Gasteiger partial charge on any atom is 0.155 e. The molecule has 2 N–H and O–H groups in total. The molecule has 1 fully saturated rings. The third-order valence-corrected chi connectivity index (χ3v) is 3.32. The summed E-state index contributed by atoms with van der Waals surface area (Å²) in [7, 11) is 0. The van der Waals surface area contributed by atoms with Crippen LogP contribution in [0.5, 0.6) is 0 Å². The highest BCUT2D eigenvalue weighted by molar-refractivity contribution is 5.45. The van der Waals surface area contributed by atoms with E-state index in [0.29, 0.717) is 6.54 Å². The van der Waals surface area contributed by atoms with Crippen LogP contribution in [0.15, 0.2) is 12.3 Å². The highest BCUT2D eigenvalue weighted by Gasteiger charge is 2.17. The fourth-order valence-corrected chi connectivity index (χ4v) is 2.25. The van der Waals surface area contributed by atoms with Crippen LogP contribution in [0, 0.1) is 5.92 Å². The Morgan fingerprint density at radius 1 is 1.44 bits per heavy atom. The summed E-state index contributed by atoms with van der Waals surface area (Å²) in [6, 6.07) is 1.97. The molecule has 0 saturated carbocycles. The monoisotopic (exact) mass is 220 g/mol. The lowest BCUT2D eigenvalue weighted by atomic mass is 10.0. The molecule has 4 heteroatoms. The molecule has 2 rings (SSSR count). The Morgan fingerprint density at radius 2 is 2.31 bits per heavy atom. The van der Waals surface area contributed by atoms with Crippen molar-refractivity contribution in [3.05, 3.63) is 17.8 Å². The van der Waals surface area contributed by atoms with Crippen molar-refractivity contribution < 1.29 is 0 Å². The Bertz CT molecular complexity index is 340. The summed E-state index contributed by atoms with van der Waals surface area (Å²) in [4.78, 5) is 2.33. The Morgan fingerprint density at radius 3 is 3.12 bits per heavy atom. The molecular formula is C12H20N4. The minimum absolute atomic E-state index is 0.539. The summed E-state index contributed by atoms with van der Waals surface area (Å²) in [5.74, 6) is 1.81. The Balaban J connectivity index is 2.16. The zero-order valence-corrected chi connectivity index (χ0v) is 9.89. The van der Waals surface area contributed by atoms with Gasteiger partial charge in [0.15, 0.2) is 5.82 Å². The van der Waals surface area contributed by atoms with Crippen molar-refractivity contribution in [3.63, 3.8) is 0 Å². The van der Waals surface area contributed by atoms with Gasteiger partial charge in [0.1, 0.15) is 0 Å². The number of hydrogen-bond acceptors (Lipinski definition) is 4. The van der Waals surface area contributed by atoms with Crippen molar-refractivity contribution in [1.29, 1.82) is 0 Å². The topological polar surface area (TPSA) is 55.0 Å². The van der Waals surface area contributed by atoms with E-state index in [1.54, 1.807) is 6.20 Å². The number of nitrogens with two attached hydrogens (primary N) is 1. The van der Waals surface area contributed by atoms with Crippen molar-refractivity contribution in [2.75, 3.05) is 18.0 Å². The van der Waals surface area contributed by atoms with Crippen molar-refractivity contribution in [2.24, 2.45) is 11.7 Å². The highest BCUT2D eigenvalue weighted by atomic mass is 15.3. The maximum atomic E-state index is 5.73. The van der Waals surface area contributed by atoms with E-state index >= 15 is 0 Å². The van der Waals surface area contributed by atoms with E-state index < -0.39 is 0 Å². The summed E-state index contributed by atoms with van der Waals surface area (Å²) in [5, 5.41) is 8.21. The van der Waals surface area contributed by atoms with Crippen LogP contribution in [-0.2, 0) is 6.54 Å². The molecule has 1 aromatic heterocycles. The molecule has 1 aliphatic heterocycles. The van der Waals surface area contributed by atoms with Gasteiger partial charge in [-0.15, -0.1) is 5.10 Å². The molecule has 1 aliphatic rings. The van der Waals surface area contributed by atoms with Gasteiger partial charge < -0.3 is 10.6 Å². The molecule has 0 aliphatic carbocycles. The van der Waals surface area contributed by atoms with Crippen molar-refractivity contribution in [3.8, 4) is 0 Å². The van der Waals surface area contributed by atoms with E-state index in [0.717, 1.165) is 30.4 Å². The van der Waals surface area contributed by atoms with E-state index in [2.05, 4.69) is 22.0 Å². The van der Waals surface area contributed by atoms with Gasteiger partial charge in [-0.25, -0.2) is 0 Å². The first-order valence-electron chi connectivity index (χ1n) is 6.07. The molecule has 1 atom stereocenters. The number of aromatic nitrogens is 2.